The van der Waals surface area contributed by atoms with Crippen LogP contribution in [-0.2, 0) is 0 Å². The summed E-state index contributed by atoms with van der Waals surface area (Å²) in [6, 6.07) is 0. The smallest absolute Gasteiger partial charge is 0.0300 e. The predicted molar refractivity (Wildman–Crippen MR) is 401 cm³/mol. The van der Waals surface area contributed by atoms with Gasteiger partial charge in [-0.15, -0.1) is 0 Å². The summed E-state index contributed by atoms with van der Waals surface area (Å²) in [5.41, 5.74) is 7.16. The molecule has 0 spiro atoms. The van der Waals surface area contributed by atoms with Crippen molar-refractivity contribution in [2.24, 2.45) is 77.8 Å². The van der Waals surface area contributed by atoms with E-state index in [1.165, 1.54) is 315 Å². The fourth-order valence-electron chi connectivity index (χ4n) is 18.9. The first-order chi connectivity index (χ1) is 40.7. The quantitative estimate of drug-likeness (QED) is 0.183. The monoisotopic (exact) mass is 1220 g/mol. The molecule has 87 heavy (non-hydrogen) atoms. The molecule has 10 aliphatic carbocycles. The van der Waals surface area contributed by atoms with Gasteiger partial charge < -0.3 is 0 Å². The molecule has 0 heterocycles. The van der Waals surface area contributed by atoms with E-state index in [0.717, 1.165) is 45.3 Å². The van der Waals surface area contributed by atoms with Gasteiger partial charge in [-0.2, -0.15) is 0 Å². The zero-order valence-corrected chi connectivity index (χ0v) is 66.0. The van der Waals surface area contributed by atoms with E-state index in [4.69, 9.17) is 0 Å². The molecule has 0 heteroatoms. The molecule has 0 nitrogen and oxygen atoms in total. The highest BCUT2D eigenvalue weighted by atomic mass is 14.4. The van der Waals surface area contributed by atoms with Gasteiger partial charge in [-0.3, -0.25) is 0 Å². The molecule has 0 aliphatic heterocycles. The summed E-state index contributed by atoms with van der Waals surface area (Å²) in [6.07, 6.45) is 71.2. The van der Waals surface area contributed by atoms with Gasteiger partial charge in [0.1, 0.15) is 0 Å². The molecule has 10 saturated carbocycles. The average molecular weight is 1220 g/mol. The highest BCUT2D eigenvalue weighted by molar-refractivity contribution is 4.88. The maximum Gasteiger partial charge on any atom is -0.0300 e. The van der Waals surface area contributed by atoms with Gasteiger partial charge in [-0.05, 0) is 219 Å². The minimum absolute atomic E-state index is 0.679. The van der Waals surface area contributed by atoms with Gasteiger partial charge in [0, 0.05) is 0 Å². The first-order valence-electron chi connectivity index (χ1n) is 40.7. The normalized spacial score (nSPS) is 33.1. The van der Waals surface area contributed by atoms with Crippen LogP contribution in [0.2, 0.25) is 0 Å². The molecule has 0 aromatic rings. The maximum atomic E-state index is 2.47. The maximum absolute atomic E-state index is 2.47. The molecule has 0 aromatic heterocycles. The van der Waals surface area contributed by atoms with E-state index in [1.54, 1.807) is 0 Å². The van der Waals surface area contributed by atoms with Crippen LogP contribution in [0.3, 0.4) is 0 Å². The van der Waals surface area contributed by atoms with Crippen LogP contribution in [0.15, 0.2) is 0 Å². The fourth-order valence-corrected chi connectivity index (χ4v) is 18.9. The molecule has 0 amide bonds. The Balaban J connectivity index is 0.000000484. The summed E-state index contributed by atoms with van der Waals surface area (Å²) in [5, 5.41) is 0. The molecule has 10 aliphatic rings. The number of rotatable bonds is 12. The standard InChI is InChI=1S/2C10H20.4C9H18.3C8H16.C7H14/c1-4-7-10(3)8-5-6-9(10)2;1-4-6-10(3)7-5-9(2)8-10;1-4-9(3)6-5-8(2)7-9;1-4-9(3)7-5-6-8(9)2;2*1-3-6-9(2)7-4-5-8-9;1-8(2)6-4-3-5-7-8;2*1-3-8(2)6-4-5-7-8;1-7(2)5-3-4-6-7/h2*9H,4-8H2,1-3H3;2*8H,4-7H2,1-3H3;2*3-8H2,1-2H3;3*3-7H2,1-2H3;3-6H2,1-2H3. The van der Waals surface area contributed by atoms with Crippen molar-refractivity contribution in [1.29, 1.82) is 0 Å². The lowest BCUT2D eigenvalue weighted by atomic mass is 9.77. The zero-order chi connectivity index (χ0) is 66.0. The summed E-state index contributed by atoms with van der Waals surface area (Å²) in [7, 11) is 0. The van der Waals surface area contributed by atoms with Crippen LogP contribution < -0.4 is 0 Å². The van der Waals surface area contributed by atoms with Crippen LogP contribution in [-0.4, -0.2) is 0 Å². The van der Waals surface area contributed by atoms with Gasteiger partial charge in [-0.1, -0.05) is 340 Å². The first-order valence-corrected chi connectivity index (χ1v) is 40.7. The van der Waals surface area contributed by atoms with Crippen LogP contribution in [0.4, 0.5) is 0 Å². The zero-order valence-electron chi connectivity index (χ0n) is 66.0. The Kier molecular flexibility index (Phi) is 41.5. The summed E-state index contributed by atoms with van der Waals surface area (Å²) >= 11 is 0. The van der Waals surface area contributed by atoms with Crippen LogP contribution in [0.25, 0.3) is 0 Å². The summed E-state index contributed by atoms with van der Waals surface area (Å²) in [4.78, 5) is 0. The molecular weight excluding hydrogens is 1040 g/mol. The van der Waals surface area contributed by atoms with Crippen LogP contribution in [0, 0.1) is 77.8 Å². The van der Waals surface area contributed by atoms with Crippen molar-refractivity contribution in [2.75, 3.05) is 0 Å². The second-order valence-electron chi connectivity index (χ2n) is 37.8. The van der Waals surface area contributed by atoms with E-state index in [0.29, 0.717) is 32.5 Å². The van der Waals surface area contributed by atoms with Gasteiger partial charge in [-0.25, -0.2) is 0 Å². The highest BCUT2D eigenvalue weighted by Gasteiger charge is 2.36. The van der Waals surface area contributed by atoms with E-state index < -0.39 is 0 Å². The van der Waals surface area contributed by atoms with Crippen LogP contribution >= 0.6 is 0 Å². The molecule has 0 saturated heterocycles. The van der Waals surface area contributed by atoms with Crippen molar-refractivity contribution in [3.63, 3.8) is 0 Å². The summed E-state index contributed by atoms with van der Waals surface area (Å²) in [5.74, 6) is 3.95. The van der Waals surface area contributed by atoms with E-state index in [-0.39, 0.29) is 0 Å². The Bertz CT molecular complexity index is 1570. The Labute approximate surface area is 555 Å². The van der Waals surface area contributed by atoms with Crippen molar-refractivity contribution in [2.45, 2.75) is 481 Å². The Hall–Kier alpha value is 0. The molecule has 522 valence electrons. The van der Waals surface area contributed by atoms with Gasteiger partial charge in [0.05, 0.1) is 0 Å². The lowest BCUT2D eigenvalue weighted by molar-refractivity contribution is 0.223. The van der Waals surface area contributed by atoms with E-state index in [1.807, 2.05) is 0 Å². The van der Waals surface area contributed by atoms with Crippen molar-refractivity contribution in [3.8, 4) is 0 Å². The van der Waals surface area contributed by atoms with Crippen molar-refractivity contribution >= 4 is 0 Å². The van der Waals surface area contributed by atoms with Gasteiger partial charge in [0.2, 0.25) is 0 Å². The lowest BCUT2D eigenvalue weighted by Gasteiger charge is -2.28. The molecule has 0 bridgehead atoms. The molecular formula is C87H174. The van der Waals surface area contributed by atoms with Crippen molar-refractivity contribution in [1.82, 2.24) is 0 Å². The largest absolute Gasteiger partial charge is 0.0654 e. The molecule has 0 N–H and O–H groups in total. The number of hydrogen-bond donors (Lipinski definition) is 0. The van der Waals surface area contributed by atoms with E-state index >= 15 is 0 Å². The SMILES string of the molecule is CC1(C)CCCC1.CC1(C)CCCCC1.CCC1(C)CCC(C)C1.CCC1(C)CCCC1.CCC1(C)CCCC1.CCC1(C)CCCC1C.CCCC1(C)CCC(C)C1.CCCC1(C)CCCC1.CCCC1(C)CCCC1.CCCC1(C)CCCC1C. The fraction of sp³-hybridized carbons (Fsp3) is 1.00. The van der Waals surface area contributed by atoms with Gasteiger partial charge in [0.25, 0.3) is 0 Å². The van der Waals surface area contributed by atoms with Crippen molar-refractivity contribution < 1.29 is 0 Å². The Morgan fingerprint density at radius 2 is 0.506 bits per heavy atom. The van der Waals surface area contributed by atoms with Gasteiger partial charge in [0.15, 0.2) is 0 Å². The third-order valence-electron chi connectivity index (χ3n) is 27.5. The minimum atomic E-state index is 0.679. The summed E-state index contributed by atoms with van der Waals surface area (Å²) in [6.45, 7) is 57.0. The average Bonchev–Trinajstić information content (AvgIpc) is 4.06. The van der Waals surface area contributed by atoms with Crippen LogP contribution in [0.5, 0.6) is 0 Å². The van der Waals surface area contributed by atoms with E-state index in [9.17, 15) is 0 Å². The predicted octanol–water partition coefficient (Wildman–Crippen LogP) is 31.9. The topological polar surface area (TPSA) is 0 Å². The van der Waals surface area contributed by atoms with Crippen LogP contribution in [0.1, 0.15) is 481 Å². The molecule has 8 atom stereocenters. The summed E-state index contributed by atoms with van der Waals surface area (Å²) < 4.78 is 0. The van der Waals surface area contributed by atoms with Crippen molar-refractivity contribution in [3.05, 3.63) is 0 Å². The third-order valence-corrected chi connectivity index (χ3v) is 27.5. The molecule has 0 radical (unpaired) electrons. The lowest BCUT2D eigenvalue weighted by Crippen LogP contribution is -2.18. The molecule has 10 rings (SSSR count). The van der Waals surface area contributed by atoms with E-state index in [2.05, 4.69) is 166 Å². The highest BCUT2D eigenvalue weighted by Crippen LogP contribution is 2.49. The first kappa shape index (κ1) is 85.0. The molecule has 8 unspecified atom stereocenters. The molecule has 0 aromatic carbocycles. The second kappa shape index (κ2) is 42.4. The Morgan fingerprint density at radius 3 is 0.701 bits per heavy atom. The minimum Gasteiger partial charge on any atom is -0.0654 e. The Morgan fingerprint density at radius 1 is 0.230 bits per heavy atom. The molecule has 10 fully saturated rings. The number of hydrogen-bond acceptors (Lipinski definition) is 0. The third kappa shape index (κ3) is 35.4. The second-order valence-corrected chi connectivity index (χ2v) is 37.8. The van der Waals surface area contributed by atoms with Gasteiger partial charge >= 0.3 is 0 Å².